The zero-order valence-electron chi connectivity index (χ0n) is 7.12. The van der Waals surface area contributed by atoms with Gasteiger partial charge in [-0.25, -0.2) is 0 Å². The summed E-state index contributed by atoms with van der Waals surface area (Å²) in [4.78, 5) is 11.9. The van der Waals surface area contributed by atoms with E-state index in [0.717, 1.165) is 0 Å². The van der Waals surface area contributed by atoms with Gasteiger partial charge in [0.15, 0.2) is 0 Å². The smallest absolute Gasteiger partial charge is 0.317 e. The van der Waals surface area contributed by atoms with E-state index in [1.165, 1.54) is 0 Å². The molecule has 0 saturated carbocycles. The lowest BCUT2D eigenvalue weighted by Gasteiger charge is -2.15. The number of methoxy groups -OCH3 is 1. The Morgan fingerprint density at radius 1 is 1.75 bits per heavy atom. The minimum atomic E-state index is -0.874. The molecule has 0 atom stereocenters. The van der Waals surface area contributed by atoms with Gasteiger partial charge in [0.25, 0.3) is 0 Å². The van der Waals surface area contributed by atoms with Crippen LogP contribution in [-0.4, -0.2) is 49.3 Å². The second kappa shape index (κ2) is 6.65. The van der Waals surface area contributed by atoms with Gasteiger partial charge >= 0.3 is 5.97 Å². The third-order valence-electron chi connectivity index (χ3n) is 1.29. The van der Waals surface area contributed by atoms with Crippen LogP contribution >= 0.6 is 0 Å². The molecule has 4 heteroatoms. The molecule has 0 aliphatic rings. The van der Waals surface area contributed by atoms with Gasteiger partial charge in [-0.2, -0.15) is 0 Å². The number of hydrogen-bond donors (Lipinski definition) is 1. The first-order valence-corrected chi connectivity index (χ1v) is 3.57. The summed E-state index contributed by atoms with van der Waals surface area (Å²) in [6.07, 6.45) is 5.05. The lowest BCUT2D eigenvalue weighted by atomic mass is 10.4. The van der Waals surface area contributed by atoms with E-state index in [9.17, 15) is 4.79 Å². The number of nitrogens with zero attached hydrogens (tertiary/aromatic N) is 1. The number of rotatable bonds is 6. The fourth-order valence-corrected chi connectivity index (χ4v) is 0.755. The predicted molar refractivity (Wildman–Crippen MR) is 44.8 cm³/mol. The van der Waals surface area contributed by atoms with Gasteiger partial charge in [-0.15, -0.1) is 6.42 Å². The Hall–Kier alpha value is -1.05. The molecule has 0 spiro atoms. The van der Waals surface area contributed by atoms with Crippen LogP contribution in [0.4, 0.5) is 0 Å². The summed E-state index contributed by atoms with van der Waals surface area (Å²) in [5.41, 5.74) is 0. The quantitative estimate of drug-likeness (QED) is 0.555. The van der Waals surface area contributed by atoms with Crippen molar-refractivity contribution in [2.45, 2.75) is 0 Å². The van der Waals surface area contributed by atoms with Crippen molar-refractivity contribution < 1.29 is 14.6 Å². The Morgan fingerprint density at radius 3 is 2.83 bits per heavy atom. The predicted octanol–water partition coefficient (Wildman–Crippen LogP) is -0.347. The van der Waals surface area contributed by atoms with E-state index in [4.69, 9.17) is 16.3 Å². The molecule has 0 aromatic rings. The fraction of sp³-hybridized carbons (Fsp3) is 0.625. The molecule has 0 heterocycles. The van der Waals surface area contributed by atoms with Gasteiger partial charge < -0.3 is 9.84 Å². The molecule has 12 heavy (non-hydrogen) atoms. The topological polar surface area (TPSA) is 49.8 Å². The van der Waals surface area contributed by atoms with Gasteiger partial charge in [-0.05, 0) is 0 Å². The summed E-state index contributed by atoms with van der Waals surface area (Å²) in [5.74, 6) is 1.52. The number of ether oxygens (including phenoxy) is 1. The molecule has 0 amide bonds. The van der Waals surface area contributed by atoms with Crippen LogP contribution < -0.4 is 0 Å². The molecule has 0 aromatic heterocycles. The molecule has 0 aliphatic heterocycles. The molecule has 0 aliphatic carbocycles. The molecule has 0 aromatic carbocycles. The SMILES string of the molecule is C#CCN(CCOC)CC(=O)O. The molecule has 1 N–H and O–H groups in total. The van der Waals surface area contributed by atoms with E-state index in [0.29, 0.717) is 19.7 Å². The van der Waals surface area contributed by atoms with Crippen molar-refractivity contribution in [3.8, 4) is 12.3 Å². The number of carboxylic acids is 1. The van der Waals surface area contributed by atoms with Crippen LogP contribution in [0.15, 0.2) is 0 Å². The minimum absolute atomic E-state index is 0.0342. The largest absolute Gasteiger partial charge is 0.480 e. The van der Waals surface area contributed by atoms with Crippen LogP contribution in [-0.2, 0) is 9.53 Å². The van der Waals surface area contributed by atoms with Crippen molar-refractivity contribution in [2.75, 3.05) is 33.4 Å². The number of hydrogen-bond acceptors (Lipinski definition) is 3. The van der Waals surface area contributed by atoms with Gasteiger partial charge in [0.1, 0.15) is 0 Å². The second-order valence-electron chi connectivity index (χ2n) is 2.30. The van der Waals surface area contributed by atoms with E-state index < -0.39 is 5.97 Å². The first kappa shape index (κ1) is 11.0. The highest BCUT2D eigenvalue weighted by molar-refractivity contribution is 5.69. The molecular formula is C8H13NO3. The zero-order chi connectivity index (χ0) is 9.40. The van der Waals surface area contributed by atoms with E-state index in [-0.39, 0.29) is 6.54 Å². The van der Waals surface area contributed by atoms with Gasteiger partial charge in [0.05, 0.1) is 19.7 Å². The van der Waals surface area contributed by atoms with Crippen LogP contribution in [0.2, 0.25) is 0 Å². The highest BCUT2D eigenvalue weighted by Crippen LogP contribution is 1.86. The lowest BCUT2D eigenvalue weighted by molar-refractivity contribution is -0.138. The van der Waals surface area contributed by atoms with E-state index in [1.54, 1.807) is 12.0 Å². The average molecular weight is 171 g/mol. The fourth-order valence-electron chi connectivity index (χ4n) is 0.755. The minimum Gasteiger partial charge on any atom is -0.480 e. The highest BCUT2D eigenvalue weighted by Gasteiger charge is 2.06. The summed E-state index contributed by atoms with van der Waals surface area (Å²) in [6.45, 7) is 1.35. The van der Waals surface area contributed by atoms with Crippen LogP contribution in [0, 0.1) is 12.3 Å². The average Bonchev–Trinajstić information content (AvgIpc) is 2.00. The van der Waals surface area contributed by atoms with E-state index in [1.807, 2.05) is 0 Å². The Bertz CT molecular complexity index is 174. The van der Waals surface area contributed by atoms with Crippen LogP contribution in [0.1, 0.15) is 0 Å². The first-order valence-electron chi connectivity index (χ1n) is 3.57. The highest BCUT2D eigenvalue weighted by atomic mass is 16.5. The Morgan fingerprint density at radius 2 is 2.42 bits per heavy atom. The maximum Gasteiger partial charge on any atom is 0.317 e. The number of carbonyl (C=O) groups is 1. The normalized spacial score (nSPS) is 9.75. The Kier molecular flexibility index (Phi) is 6.07. The van der Waals surface area contributed by atoms with Gasteiger partial charge in [-0.1, -0.05) is 5.92 Å². The molecular weight excluding hydrogens is 158 g/mol. The Labute approximate surface area is 72.1 Å². The maximum atomic E-state index is 10.3. The molecule has 0 unspecified atom stereocenters. The van der Waals surface area contributed by atoms with Gasteiger partial charge in [0, 0.05) is 13.7 Å². The third-order valence-corrected chi connectivity index (χ3v) is 1.29. The number of terminal acetylenes is 1. The van der Waals surface area contributed by atoms with Crippen molar-refractivity contribution >= 4 is 5.97 Å². The summed E-state index contributed by atoms with van der Waals surface area (Å²) < 4.78 is 4.80. The first-order chi connectivity index (χ1) is 5.70. The molecule has 68 valence electrons. The monoisotopic (exact) mass is 171 g/mol. The summed E-state index contributed by atoms with van der Waals surface area (Å²) in [7, 11) is 1.56. The van der Waals surface area contributed by atoms with Crippen LogP contribution in [0.5, 0.6) is 0 Å². The standard InChI is InChI=1S/C8H13NO3/c1-3-4-9(5-6-12-2)7-8(10)11/h1H,4-7H2,2H3,(H,10,11). The third kappa shape index (κ3) is 5.71. The van der Waals surface area contributed by atoms with Crippen LogP contribution in [0.25, 0.3) is 0 Å². The molecule has 0 fully saturated rings. The van der Waals surface area contributed by atoms with Crippen molar-refractivity contribution in [1.29, 1.82) is 0 Å². The summed E-state index contributed by atoms with van der Waals surface area (Å²) >= 11 is 0. The van der Waals surface area contributed by atoms with Crippen LogP contribution in [0.3, 0.4) is 0 Å². The lowest BCUT2D eigenvalue weighted by Crippen LogP contribution is -2.32. The molecule has 0 rings (SSSR count). The Balaban J connectivity index is 3.71. The molecule has 0 saturated heterocycles. The van der Waals surface area contributed by atoms with Gasteiger partial charge in [0.2, 0.25) is 0 Å². The van der Waals surface area contributed by atoms with E-state index >= 15 is 0 Å². The summed E-state index contributed by atoms with van der Waals surface area (Å²) in [5, 5.41) is 8.46. The van der Waals surface area contributed by atoms with Crippen molar-refractivity contribution in [3.05, 3.63) is 0 Å². The number of aliphatic carboxylic acids is 1. The second-order valence-corrected chi connectivity index (χ2v) is 2.30. The van der Waals surface area contributed by atoms with Crippen molar-refractivity contribution in [3.63, 3.8) is 0 Å². The molecule has 4 nitrogen and oxygen atoms in total. The van der Waals surface area contributed by atoms with E-state index in [2.05, 4.69) is 5.92 Å². The van der Waals surface area contributed by atoms with Crippen molar-refractivity contribution in [2.24, 2.45) is 0 Å². The van der Waals surface area contributed by atoms with Crippen molar-refractivity contribution in [1.82, 2.24) is 4.90 Å². The summed E-state index contributed by atoms with van der Waals surface area (Å²) in [6, 6.07) is 0. The van der Waals surface area contributed by atoms with Gasteiger partial charge in [-0.3, -0.25) is 9.69 Å². The number of carboxylic acid groups (broad SMARTS) is 1. The molecule has 0 radical (unpaired) electrons. The zero-order valence-corrected chi connectivity index (χ0v) is 7.12. The molecule has 0 bridgehead atoms. The maximum absolute atomic E-state index is 10.3.